The van der Waals surface area contributed by atoms with E-state index in [4.69, 9.17) is 19.8 Å². The normalized spacial score (nSPS) is 21.9. The SMILES string of the molecule is CC(C)(C)OC(=O)C(C)(CCN)CCCCB1OC(C)(C)C(C)(C)O1. The molecule has 0 aliphatic carbocycles. The summed E-state index contributed by atoms with van der Waals surface area (Å²) in [5.41, 5.74) is 4.15. The molecule has 1 heterocycles. The molecule has 146 valence electrons. The molecule has 2 N–H and O–H groups in total. The lowest BCUT2D eigenvalue weighted by molar-refractivity contribution is -0.167. The van der Waals surface area contributed by atoms with Gasteiger partial charge in [-0.1, -0.05) is 12.8 Å². The highest BCUT2D eigenvalue weighted by Gasteiger charge is 2.50. The minimum Gasteiger partial charge on any atom is -0.460 e. The predicted octanol–water partition coefficient (Wildman–Crippen LogP) is 3.95. The second-order valence-electron chi connectivity index (χ2n) is 9.53. The number of esters is 1. The zero-order valence-electron chi connectivity index (χ0n) is 17.5. The number of hydrogen-bond acceptors (Lipinski definition) is 5. The molecule has 0 spiro atoms. The van der Waals surface area contributed by atoms with Crippen molar-refractivity contribution in [1.82, 2.24) is 0 Å². The highest BCUT2D eigenvalue weighted by molar-refractivity contribution is 6.45. The maximum Gasteiger partial charge on any atom is 0.457 e. The van der Waals surface area contributed by atoms with Crippen molar-refractivity contribution in [3.8, 4) is 0 Å². The van der Waals surface area contributed by atoms with Crippen molar-refractivity contribution < 1.29 is 18.8 Å². The van der Waals surface area contributed by atoms with Crippen LogP contribution < -0.4 is 5.73 Å². The minimum absolute atomic E-state index is 0.152. The third-order valence-corrected chi connectivity index (χ3v) is 5.31. The molecule has 0 aromatic rings. The van der Waals surface area contributed by atoms with E-state index in [9.17, 15) is 4.79 Å². The molecule has 1 rings (SSSR count). The Bertz CT molecular complexity index is 443. The van der Waals surface area contributed by atoms with Crippen LogP contribution in [0.1, 0.15) is 81.1 Å². The summed E-state index contributed by atoms with van der Waals surface area (Å²) in [5.74, 6) is -0.152. The molecule has 1 aliphatic rings. The Kier molecular flexibility index (Phi) is 7.16. The molecular formula is C19H38BNO4. The Morgan fingerprint density at radius 2 is 1.52 bits per heavy atom. The maximum absolute atomic E-state index is 12.6. The molecule has 0 radical (unpaired) electrons. The highest BCUT2D eigenvalue weighted by Crippen LogP contribution is 2.38. The summed E-state index contributed by atoms with van der Waals surface area (Å²) < 4.78 is 17.6. The fourth-order valence-corrected chi connectivity index (χ4v) is 2.96. The van der Waals surface area contributed by atoms with Crippen LogP contribution in [0.2, 0.25) is 6.32 Å². The highest BCUT2D eigenvalue weighted by atomic mass is 16.7. The smallest absolute Gasteiger partial charge is 0.457 e. The summed E-state index contributed by atoms with van der Waals surface area (Å²) in [4.78, 5) is 12.6. The van der Waals surface area contributed by atoms with Crippen molar-refractivity contribution in [3.63, 3.8) is 0 Å². The summed E-state index contributed by atoms with van der Waals surface area (Å²) >= 11 is 0. The monoisotopic (exact) mass is 355 g/mol. The molecule has 0 aromatic heterocycles. The van der Waals surface area contributed by atoms with E-state index in [0.717, 1.165) is 25.6 Å². The predicted molar refractivity (Wildman–Crippen MR) is 102 cm³/mol. The van der Waals surface area contributed by atoms with Crippen LogP contribution >= 0.6 is 0 Å². The van der Waals surface area contributed by atoms with Crippen molar-refractivity contribution in [3.05, 3.63) is 0 Å². The van der Waals surface area contributed by atoms with E-state index in [1.807, 2.05) is 27.7 Å². The number of unbranched alkanes of at least 4 members (excludes halogenated alkanes) is 1. The van der Waals surface area contributed by atoms with Crippen LogP contribution in [0.3, 0.4) is 0 Å². The van der Waals surface area contributed by atoms with Crippen LogP contribution in [0.4, 0.5) is 0 Å². The second-order valence-corrected chi connectivity index (χ2v) is 9.53. The summed E-state index contributed by atoms with van der Waals surface area (Å²) in [7, 11) is -0.174. The van der Waals surface area contributed by atoms with Gasteiger partial charge in [-0.2, -0.15) is 0 Å². The van der Waals surface area contributed by atoms with E-state index in [0.29, 0.717) is 13.0 Å². The van der Waals surface area contributed by atoms with Crippen LogP contribution in [-0.4, -0.2) is 36.4 Å². The summed E-state index contributed by atoms with van der Waals surface area (Å²) in [6.07, 6.45) is 4.09. The first kappa shape index (κ1) is 22.5. The molecule has 5 nitrogen and oxygen atoms in total. The van der Waals surface area contributed by atoms with Crippen molar-refractivity contribution in [1.29, 1.82) is 0 Å². The lowest BCUT2D eigenvalue weighted by Crippen LogP contribution is -2.41. The number of nitrogens with two attached hydrogens (primary N) is 1. The Morgan fingerprint density at radius 3 is 1.96 bits per heavy atom. The van der Waals surface area contributed by atoms with Crippen molar-refractivity contribution in [2.45, 2.75) is 104 Å². The van der Waals surface area contributed by atoms with Gasteiger partial charge in [-0.3, -0.25) is 4.79 Å². The third kappa shape index (κ3) is 6.26. The topological polar surface area (TPSA) is 70.8 Å². The maximum atomic E-state index is 12.6. The number of rotatable bonds is 8. The summed E-state index contributed by atoms with van der Waals surface area (Å²) in [6.45, 7) is 16.4. The molecule has 6 heteroatoms. The molecule has 0 saturated carbocycles. The van der Waals surface area contributed by atoms with Crippen molar-refractivity contribution >= 4 is 13.1 Å². The average Bonchev–Trinajstić information content (AvgIpc) is 2.61. The van der Waals surface area contributed by atoms with E-state index in [-0.39, 0.29) is 24.3 Å². The molecular weight excluding hydrogens is 317 g/mol. The Morgan fingerprint density at radius 1 is 1.00 bits per heavy atom. The van der Waals surface area contributed by atoms with Gasteiger partial charge in [-0.25, -0.2) is 0 Å². The number of carbonyl (C=O) groups excluding carboxylic acids is 1. The number of ether oxygens (including phenoxy) is 1. The van der Waals surface area contributed by atoms with E-state index in [1.54, 1.807) is 0 Å². The van der Waals surface area contributed by atoms with Gasteiger partial charge in [-0.05, 0) is 81.1 Å². The fourth-order valence-electron chi connectivity index (χ4n) is 2.96. The van der Waals surface area contributed by atoms with E-state index in [1.165, 1.54) is 0 Å². The first-order valence-electron chi connectivity index (χ1n) is 9.52. The van der Waals surface area contributed by atoms with Gasteiger partial charge in [0.2, 0.25) is 0 Å². The van der Waals surface area contributed by atoms with E-state index in [2.05, 4.69) is 27.7 Å². The molecule has 1 aliphatic heterocycles. The zero-order valence-corrected chi connectivity index (χ0v) is 17.5. The van der Waals surface area contributed by atoms with Crippen LogP contribution in [-0.2, 0) is 18.8 Å². The van der Waals surface area contributed by atoms with Gasteiger partial charge in [0.25, 0.3) is 0 Å². The molecule has 1 unspecified atom stereocenters. The van der Waals surface area contributed by atoms with Crippen molar-refractivity contribution in [2.24, 2.45) is 11.1 Å². The minimum atomic E-state index is -0.530. The van der Waals surface area contributed by atoms with Crippen LogP contribution in [0.25, 0.3) is 0 Å². The van der Waals surface area contributed by atoms with Crippen LogP contribution in [0, 0.1) is 5.41 Å². The van der Waals surface area contributed by atoms with Crippen LogP contribution in [0.5, 0.6) is 0 Å². The third-order valence-electron chi connectivity index (χ3n) is 5.31. The average molecular weight is 355 g/mol. The molecule has 0 aromatic carbocycles. The standard InChI is InChI=1S/C19H38BNO4/c1-16(2,3)23-15(22)19(8,12-14-21)11-9-10-13-20-24-17(4,5)18(6,7)25-20/h9-14,21H2,1-8H3. The van der Waals surface area contributed by atoms with Gasteiger partial charge < -0.3 is 19.8 Å². The van der Waals surface area contributed by atoms with Crippen molar-refractivity contribution in [2.75, 3.05) is 6.54 Å². The quantitative estimate of drug-likeness (QED) is 0.406. The summed E-state index contributed by atoms with van der Waals surface area (Å²) in [5, 5.41) is 0. The fraction of sp³-hybridized carbons (Fsp3) is 0.947. The first-order valence-corrected chi connectivity index (χ1v) is 9.52. The molecule has 1 saturated heterocycles. The van der Waals surface area contributed by atoms with Gasteiger partial charge in [-0.15, -0.1) is 0 Å². The van der Waals surface area contributed by atoms with E-state index >= 15 is 0 Å². The lowest BCUT2D eigenvalue weighted by Gasteiger charge is -2.32. The second kappa shape index (κ2) is 7.97. The number of carbonyl (C=O) groups is 1. The Balaban J connectivity index is 2.50. The Labute approximate surface area is 154 Å². The molecule has 1 atom stereocenters. The molecule has 1 fully saturated rings. The zero-order chi connectivity index (χ0) is 19.5. The largest absolute Gasteiger partial charge is 0.460 e. The summed E-state index contributed by atoms with van der Waals surface area (Å²) in [6, 6.07) is 0. The van der Waals surface area contributed by atoms with E-state index < -0.39 is 11.0 Å². The molecule has 25 heavy (non-hydrogen) atoms. The van der Waals surface area contributed by atoms with Crippen LogP contribution in [0.15, 0.2) is 0 Å². The van der Waals surface area contributed by atoms with Gasteiger partial charge >= 0.3 is 13.1 Å². The molecule has 0 bridgehead atoms. The Hall–Kier alpha value is -0.585. The van der Waals surface area contributed by atoms with Gasteiger partial charge in [0, 0.05) is 0 Å². The number of hydrogen-bond donors (Lipinski definition) is 1. The van der Waals surface area contributed by atoms with Gasteiger partial charge in [0.05, 0.1) is 16.6 Å². The van der Waals surface area contributed by atoms with Gasteiger partial charge in [0.1, 0.15) is 5.60 Å². The van der Waals surface area contributed by atoms with Gasteiger partial charge in [0.15, 0.2) is 0 Å². The molecule has 0 amide bonds. The lowest BCUT2D eigenvalue weighted by atomic mass is 9.77. The first-order chi connectivity index (χ1) is 11.2.